The number of hydrogen-bond acceptors (Lipinski definition) is 5. The third-order valence-electron chi connectivity index (χ3n) is 2.57. The lowest BCUT2D eigenvalue weighted by molar-refractivity contribution is 0.472. The molecule has 15 heavy (non-hydrogen) atoms. The van der Waals surface area contributed by atoms with Crippen molar-refractivity contribution in [2.45, 2.75) is 51.7 Å². The fraction of sp³-hybridized carbons (Fsp3) is 0.800. The molecule has 0 aromatic carbocycles. The molecule has 84 valence electrons. The number of rotatable bonds is 6. The topological polar surface area (TPSA) is 63.0 Å². The van der Waals surface area contributed by atoms with Crippen molar-refractivity contribution in [2.24, 2.45) is 0 Å². The molecule has 1 saturated carbocycles. The van der Waals surface area contributed by atoms with E-state index in [4.69, 9.17) is 4.42 Å². The molecule has 2 rings (SSSR count). The fourth-order valence-electron chi connectivity index (χ4n) is 1.22. The molecule has 0 saturated heterocycles. The quantitative estimate of drug-likeness (QED) is 0.745. The SMILES string of the molecule is CCC(C)Nc1nnc(CNC2CC2)o1. The Hall–Kier alpha value is -1.10. The van der Waals surface area contributed by atoms with E-state index in [1.165, 1.54) is 12.8 Å². The maximum absolute atomic E-state index is 5.44. The van der Waals surface area contributed by atoms with Crippen LogP contribution in [0.3, 0.4) is 0 Å². The summed E-state index contributed by atoms with van der Waals surface area (Å²) in [4.78, 5) is 0. The summed E-state index contributed by atoms with van der Waals surface area (Å²) in [6.07, 6.45) is 3.58. The van der Waals surface area contributed by atoms with E-state index in [1.54, 1.807) is 0 Å². The molecule has 0 aliphatic heterocycles. The van der Waals surface area contributed by atoms with Gasteiger partial charge >= 0.3 is 6.01 Å². The van der Waals surface area contributed by atoms with E-state index >= 15 is 0 Å². The summed E-state index contributed by atoms with van der Waals surface area (Å²) in [5, 5.41) is 14.4. The van der Waals surface area contributed by atoms with E-state index in [1.807, 2.05) is 0 Å². The number of nitrogens with one attached hydrogen (secondary N) is 2. The lowest BCUT2D eigenvalue weighted by atomic mass is 10.3. The Kier molecular flexibility index (Phi) is 3.20. The van der Waals surface area contributed by atoms with Gasteiger partial charge in [-0.25, -0.2) is 0 Å². The van der Waals surface area contributed by atoms with Gasteiger partial charge in [-0.3, -0.25) is 0 Å². The number of hydrogen-bond donors (Lipinski definition) is 2. The first-order valence-electron chi connectivity index (χ1n) is 5.60. The summed E-state index contributed by atoms with van der Waals surface area (Å²) >= 11 is 0. The van der Waals surface area contributed by atoms with E-state index in [0.717, 1.165) is 6.42 Å². The predicted molar refractivity (Wildman–Crippen MR) is 57.5 cm³/mol. The molecule has 1 aliphatic rings. The van der Waals surface area contributed by atoms with Crippen LogP contribution in [-0.4, -0.2) is 22.3 Å². The molecule has 0 radical (unpaired) electrons. The molecular formula is C10H18N4O. The highest BCUT2D eigenvalue weighted by atomic mass is 16.4. The smallest absolute Gasteiger partial charge is 0.315 e. The van der Waals surface area contributed by atoms with Crippen molar-refractivity contribution in [2.75, 3.05) is 5.32 Å². The first kappa shape index (κ1) is 10.4. The molecule has 5 heteroatoms. The highest BCUT2D eigenvalue weighted by molar-refractivity contribution is 5.18. The molecule has 0 spiro atoms. The summed E-state index contributed by atoms with van der Waals surface area (Å²) in [5.74, 6) is 0.660. The van der Waals surface area contributed by atoms with Crippen LogP contribution in [0.5, 0.6) is 0 Å². The van der Waals surface area contributed by atoms with Gasteiger partial charge in [-0.05, 0) is 26.2 Å². The van der Waals surface area contributed by atoms with Gasteiger partial charge in [0, 0.05) is 12.1 Å². The minimum Gasteiger partial charge on any atom is -0.407 e. The molecular weight excluding hydrogens is 192 g/mol. The molecule has 0 bridgehead atoms. The van der Waals surface area contributed by atoms with Crippen molar-refractivity contribution in [3.8, 4) is 0 Å². The molecule has 5 nitrogen and oxygen atoms in total. The van der Waals surface area contributed by atoms with E-state index in [0.29, 0.717) is 30.5 Å². The average molecular weight is 210 g/mol. The van der Waals surface area contributed by atoms with Crippen LogP contribution in [0.2, 0.25) is 0 Å². The van der Waals surface area contributed by atoms with Gasteiger partial charge in [0.05, 0.1) is 6.54 Å². The van der Waals surface area contributed by atoms with Gasteiger partial charge in [0.1, 0.15) is 0 Å². The minimum atomic E-state index is 0.370. The number of nitrogens with zero attached hydrogens (tertiary/aromatic N) is 2. The van der Waals surface area contributed by atoms with Gasteiger partial charge in [-0.1, -0.05) is 12.0 Å². The van der Waals surface area contributed by atoms with E-state index in [-0.39, 0.29) is 0 Å². The van der Waals surface area contributed by atoms with Crippen LogP contribution >= 0.6 is 0 Å². The first-order valence-corrected chi connectivity index (χ1v) is 5.60. The van der Waals surface area contributed by atoms with Crippen LogP contribution in [-0.2, 0) is 6.54 Å². The molecule has 1 atom stereocenters. The van der Waals surface area contributed by atoms with E-state index in [2.05, 4.69) is 34.7 Å². The monoisotopic (exact) mass is 210 g/mol. The van der Waals surface area contributed by atoms with Crippen LogP contribution in [0.4, 0.5) is 6.01 Å². The Balaban J connectivity index is 1.79. The van der Waals surface area contributed by atoms with Crippen LogP contribution in [0.15, 0.2) is 4.42 Å². The van der Waals surface area contributed by atoms with E-state index in [9.17, 15) is 0 Å². The van der Waals surface area contributed by atoms with Crippen molar-refractivity contribution in [3.63, 3.8) is 0 Å². The van der Waals surface area contributed by atoms with Crippen LogP contribution in [0, 0.1) is 0 Å². The van der Waals surface area contributed by atoms with Crippen molar-refractivity contribution >= 4 is 6.01 Å². The van der Waals surface area contributed by atoms with Gasteiger partial charge in [-0.15, -0.1) is 5.10 Å². The molecule has 1 unspecified atom stereocenters. The second-order valence-electron chi connectivity index (χ2n) is 4.11. The van der Waals surface area contributed by atoms with Crippen molar-refractivity contribution < 1.29 is 4.42 Å². The van der Waals surface area contributed by atoms with Crippen molar-refractivity contribution in [3.05, 3.63) is 5.89 Å². The zero-order valence-corrected chi connectivity index (χ0v) is 9.29. The Morgan fingerprint density at radius 2 is 2.27 bits per heavy atom. The van der Waals surface area contributed by atoms with Crippen LogP contribution < -0.4 is 10.6 Å². The lowest BCUT2D eigenvalue weighted by Gasteiger charge is -2.06. The number of aromatic nitrogens is 2. The summed E-state index contributed by atoms with van der Waals surface area (Å²) < 4.78 is 5.44. The summed E-state index contributed by atoms with van der Waals surface area (Å²) in [7, 11) is 0. The molecule has 1 fully saturated rings. The van der Waals surface area contributed by atoms with Gasteiger partial charge < -0.3 is 15.1 Å². The first-order chi connectivity index (χ1) is 7.28. The summed E-state index contributed by atoms with van der Waals surface area (Å²) in [6, 6.07) is 1.56. The van der Waals surface area contributed by atoms with Crippen molar-refractivity contribution in [1.82, 2.24) is 15.5 Å². The second-order valence-corrected chi connectivity index (χ2v) is 4.11. The maximum Gasteiger partial charge on any atom is 0.315 e. The molecule has 0 amide bonds. The fourth-order valence-corrected chi connectivity index (χ4v) is 1.22. The standard InChI is InChI=1S/C10H18N4O/c1-3-7(2)12-10-14-13-9(15-10)6-11-8-4-5-8/h7-8,11H,3-6H2,1-2H3,(H,12,14). The Morgan fingerprint density at radius 3 is 2.93 bits per heavy atom. The normalized spacial score (nSPS) is 17.7. The zero-order chi connectivity index (χ0) is 10.7. The van der Waals surface area contributed by atoms with Gasteiger partial charge in [0.2, 0.25) is 5.89 Å². The molecule has 1 aromatic rings. The van der Waals surface area contributed by atoms with Gasteiger partial charge in [-0.2, -0.15) is 0 Å². The second kappa shape index (κ2) is 4.61. The Morgan fingerprint density at radius 1 is 1.47 bits per heavy atom. The molecule has 1 aromatic heterocycles. The average Bonchev–Trinajstić information content (AvgIpc) is 2.97. The highest BCUT2D eigenvalue weighted by Gasteiger charge is 2.21. The summed E-state index contributed by atoms with van der Waals surface area (Å²) in [6.45, 7) is 4.88. The minimum absolute atomic E-state index is 0.370. The third-order valence-corrected chi connectivity index (χ3v) is 2.57. The Labute approximate surface area is 89.6 Å². The lowest BCUT2D eigenvalue weighted by Crippen LogP contribution is -2.15. The largest absolute Gasteiger partial charge is 0.407 e. The molecule has 1 aliphatic carbocycles. The summed E-state index contributed by atoms with van der Waals surface area (Å²) in [5.41, 5.74) is 0. The van der Waals surface area contributed by atoms with Gasteiger partial charge in [0.15, 0.2) is 0 Å². The maximum atomic E-state index is 5.44. The third kappa shape index (κ3) is 3.20. The predicted octanol–water partition coefficient (Wildman–Crippen LogP) is 1.53. The Bertz CT molecular complexity index is 308. The van der Waals surface area contributed by atoms with Crippen LogP contribution in [0.1, 0.15) is 39.0 Å². The van der Waals surface area contributed by atoms with Gasteiger partial charge in [0.25, 0.3) is 0 Å². The number of anilines is 1. The highest BCUT2D eigenvalue weighted by Crippen LogP contribution is 2.19. The van der Waals surface area contributed by atoms with Crippen LogP contribution in [0.25, 0.3) is 0 Å². The van der Waals surface area contributed by atoms with Crippen molar-refractivity contribution in [1.29, 1.82) is 0 Å². The van der Waals surface area contributed by atoms with E-state index < -0.39 is 0 Å². The molecule has 1 heterocycles. The molecule has 2 N–H and O–H groups in total. The zero-order valence-electron chi connectivity index (χ0n) is 9.29.